The number of ether oxygens (including phenoxy) is 1. The zero-order chi connectivity index (χ0) is 13.7. The molecular formula is C14H17N3O2. The van der Waals surface area contributed by atoms with Crippen molar-refractivity contribution in [2.75, 3.05) is 11.9 Å². The third-order valence-corrected chi connectivity index (χ3v) is 2.77. The molecule has 1 aromatic carbocycles. The number of hydrogen-bond acceptors (Lipinski definition) is 4. The Morgan fingerprint density at radius 1 is 1.42 bits per heavy atom. The smallest absolute Gasteiger partial charge is 0.338 e. The average molecular weight is 259 g/mol. The molecule has 0 aliphatic carbocycles. The Hall–Kier alpha value is -2.30. The van der Waals surface area contributed by atoms with Gasteiger partial charge in [0.2, 0.25) is 0 Å². The van der Waals surface area contributed by atoms with Gasteiger partial charge in [-0.05, 0) is 31.2 Å². The molecular weight excluding hydrogens is 242 g/mol. The van der Waals surface area contributed by atoms with Crippen LogP contribution in [-0.2, 0) is 18.3 Å². The van der Waals surface area contributed by atoms with Crippen molar-refractivity contribution in [1.29, 1.82) is 0 Å². The van der Waals surface area contributed by atoms with Gasteiger partial charge in [0, 0.05) is 18.9 Å². The molecule has 0 aliphatic rings. The zero-order valence-electron chi connectivity index (χ0n) is 11.1. The molecule has 0 aliphatic heterocycles. The van der Waals surface area contributed by atoms with Crippen LogP contribution in [0.3, 0.4) is 0 Å². The van der Waals surface area contributed by atoms with Gasteiger partial charge in [-0.15, -0.1) is 0 Å². The summed E-state index contributed by atoms with van der Waals surface area (Å²) in [7, 11) is 1.89. The lowest BCUT2D eigenvalue weighted by Crippen LogP contribution is -2.07. The third-order valence-electron chi connectivity index (χ3n) is 2.77. The first kappa shape index (κ1) is 13.1. The lowest BCUT2D eigenvalue weighted by atomic mass is 10.2. The van der Waals surface area contributed by atoms with Gasteiger partial charge in [-0.2, -0.15) is 5.10 Å². The fourth-order valence-electron chi connectivity index (χ4n) is 1.74. The molecule has 100 valence electrons. The largest absolute Gasteiger partial charge is 0.462 e. The summed E-state index contributed by atoms with van der Waals surface area (Å²) in [5, 5.41) is 7.36. The van der Waals surface area contributed by atoms with Gasteiger partial charge >= 0.3 is 5.97 Å². The highest BCUT2D eigenvalue weighted by Gasteiger charge is 2.06. The van der Waals surface area contributed by atoms with Crippen molar-refractivity contribution in [3.8, 4) is 0 Å². The van der Waals surface area contributed by atoms with Gasteiger partial charge < -0.3 is 10.1 Å². The number of nitrogens with one attached hydrogen (secondary N) is 1. The van der Waals surface area contributed by atoms with E-state index in [1.165, 1.54) is 0 Å². The van der Waals surface area contributed by atoms with E-state index in [0.29, 0.717) is 18.7 Å². The molecule has 0 bridgehead atoms. The second-order valence-electron chi connectivity index (χ2n) is 4.10. The lowest BCUT2D eigenvalue weighted by Gasteiger charge is -2.08. The number of hydrogen-bond donors (Lipinski definition) is 1. The first-order valence-corrected chi connectivity index (χ1v) is 6.18. The minimum absolute atomic E-state index is 0.299. The normalized spacial score (nSPS) is 10.2. The molecule has 1 aromatic heterocycles. The van der Waals surface area contributed by atoms with Crippen molar-refractivity contribution < 1.29 is 9.53 Å². The van der Waals surface area contributed by atoms with Crippen LogP contribution in [-0.4, -0.2) is 22.4 Å². The monoisotopic (exact) mass is 259 g/mol. The van der Waals surface area contributed by atoms with Crippen molar-refractivity contribution in [3.63, 3.8) is 0 Å². The molecule has 0 fully saturated rings. The van der Waals surface area contributed by atoms with Gasteiger partial charge in [0.15, 0.2) is 0 Å². The summed E-state index contributed by atoms with van der Waals surface area (Å²) in [4.78, 5) is 11.6. The minimum atomic E-state index is -0.299. The van der Waals surface area contributed by atoms with E-state index in [-0.39, 0.29) is 5.97 Å². The van der Waals surface area contributed by atoms with Crippen LogP contribution in [0.5, 0.6) is 0 Å². The van der Waals surface area contributed by atoms with E-state index < -0.39 is 0 Å². The van der Waals surface area contributed by atoms with E-state index in [4.69, 9.17) is 4.74 Å². The molecule has 0 atom stereocenters. The Labute approximate surface area is 112 Å². The van der Waals surface area contributed by atoms with Gasteiger partial charge in [-0.25, -0.2) is 4.79 Å². The van der Waals surface area contributed by atoms with Gasteiger partial charge in [0.25, 0.3) is 0 Å². The highest BCUT2D eigenvalue weighted by molar-refractivity contribution is 5.90. The Bertz CT molecular complexity index is 563. The zero-order valence-corrected chi connectivity index (χ0v) is 11.1. The maximum absolute atomic E-state index is 11.6. The molecule has 0 radical (unpaired) electrons. The molecule has 1 heterocycles. The van der Waals surface area contributed by atoms with Crippen molar-refractivity contribution in [3.05, 3.63) is 47.8 Å². The maximum Gasteiger partial charge on any atom is 0.338 e. The van der Waals surface area contributed by atoms with E-state index in [9.17, 15) is 4.79 Å². The molecule has 0 saturated heterocycles. The first-order chi connectivity index (χ1) is 9.20. The maximum atomic E-state index is 11.6. The SMILES string of the molecule is CCOC(=O)c1cccc(NCc2ccnn2C)c1. The second kappa shape index (κ2) is 6.04. The molecule has 2 aromatic rings. The van der Waals surface area contributed by atoms with Crippen molar-refractivity contribution >= 4 is 11.7 Å². The molecule has 0 amide bonds. The summed E-state index contributed by atoms with van der Waals surface area (Å²) >= 11 is 0. The van der Waals surface area contributed by atoms with Gasteiger partial charge in [-0.3, -0.25) is 4.68 Å². The molecule has 1 N–H and O–H groups in total. The Balaban J connectivity index is 2.03. The molecule has 2 rings (SSSR count). The number of carbonyl (C=O) groups excluding carboxylic acids is 1. The number of aryl methyl sites for hydroxylation is 1. The van der Waals surface area contributed by atoms with E-state index in [2.05, 4.69) is 10.4 Å². The molecule has 5 heteroatoms. The topological polar surface area (TPSA) is 56.1 Å². The highest BCUT2D eigenvalue weighted by Crippen LogP contribution is 2.13. The van der Waals surface area contributed by atoms with Crippen molar-refractivity contribution in [2.24, 2.45) is 7.05 Å². The highest BCUT2D eigenvalue weighted by atomic mass is 16.5. The summed E-state index contributed by atoms with van der Waals surface area (Å²) in [6.45, 7) is 2.83. The van der Waals surface area contributed by atoms with Crippen LogP contribution < -0.4 is 5.32 Å². The number of aromatic nitrogens is 2. The third kappa shape index (κ3) is 3.34. The molecule has 19 heavy (non-hydrogen) atoms. The Kier molecular flexibility index (Phi) is 4.18. The summed E-state index contributed by atoms with van der Waals surface area (Å²) < 4.78 is 6.78. The molecule has 0 saturated carbocycles. The fourth-order valence-corrected chi connectivity index (χ4v) is 1.74. The minimum Gasteiger partial charge on any atom is -0.462 e. The standard InChI is InChI=1S/C14H17N3O2/c1-3-19-14(18)11-5-4-6-12(9-11)15-10-13-7-8-16-17(13)2/h4-9,15H,3,10H2,1-2H3. The predicted octanol–water partition coefficient (Wildman–Crippen LogP) is 2.21. The summed E-state index contributed by atoms with van der Waals surface area (Å²) in [5.74, 6) is -0.299. The summed E-state index contributed by atoms with van der Waals surface area (Å²) in [6, 6.07) is 9.22. The van der Waals surface area contributed by atoms with E-state index in [0.717, 1.165) is 11.4 Å². The van der Waals surface area contributed by atoms with Crippen LogP contribution in [0.1, 0.15) is 23.0 Å². The number of benzene rings is 1. The van der Waals surface area contributed by atoms with Gasteiger partial charge in [-0.1, -0.05) is 6.07 Å². The molecule has 0 spiro atoms. The van der Waals surface area contributed by atoms with Crippen LogP contribution in [0.2, 0.25) is 0 Å². The Morgan fingerprint density at radius 2 is 2.26 bits per heavy atom. The molecule has 0 unspecified atom stereocenters. The van der Waals surface area contributed by atoms with E-state index in [1.807, 2.05) is 29.9 Å². The van der Waals surface area contributed by atoms with Crippen molar-refractivity contribution in [2.45, 2.75) is 13.5 Å². The molecule has 5 nitrogen and oxygen atoms in total. The van der Waals surface area contributed by atoms with Crippen molar-refractivity contribution in [1.82, 2.24) is 9.78 Å². The number of carbonyl (C=O) groups is 1. The quantitative estimate of drug-likeness (QED) is 0.836. The lowest BCUT2D eigenvalue weighted by molar-refractivity contribution is 0.0526. The van der Waals surface area contributed by atoms with E-state index >= 15 is 0 Å². The van der Waals surface area contributed by atoms with Crippen LogP contribution >= 0.6 is 0 Å². The van der Waals surface area contributed by atoms with Crippen LogP contribution in [0.4, 0.5) is 5.69 Å². The fraction of sp³-hybridized carbons (Fsp3) is 0.286. The number of nitrogens with zero attached hydrogens (tertiary/aromatic N) is 2. The Morgan fingerprint density at radius 3 is 2.95 bits per heavy atom. The number of rotatable bonds is 5. The van der Waals surface area contributed by atoms with Crippen LogP contribution in [0, 0.1) is 0 Å². The van der Waals surface area contributed by atoms with E-state index in [1.54, 1.807) is 25.3 Å². The van der Waals surface area contributed by atoms with Crippen LogP contribution in [0.15, 0.2) is 36.5 Å². The number of esters is 1. The van der Waals surface area contributed by atoms with Gasteiger partial charge in [0.05, 0.1) is 24.4 Å². The summed E-state index contributed by atoms with van der Waals surface area (Å²) in [6.07, 6.45) is 1.76. The number of anilines is 1. The predicted molar refractivity (Wildman–Crippen MR) is 72.9 cm³/mol. The average Bonchev–Trinajstić information content (AvgIpc) is 2.82. The van der Waals surface area contributed by atoms with Crippen LogP contribution in [0.25, 0.3) is 0 Å². The van der Waals surface area contributed by atoms with Gasteiger partial charge in [0.1, 0.15) is 0 Å². The first-order valence-electron chi connectivity index (χ1n) is 6.18. The summed E-state index contributed by atoms with van der Waals surface area (Å²) in [5.41, 5.74) is 2.50. The second-order valence-corrected chi connectivity index (χ2v) is 4.10.